The molecule has 3 heterocycles. The first-order chi connectivity index (χ1) is 16.6. The van der Waals surface area contributed by atoms with Crippen LogP contribution in [0.15, 0.2) is 54.6 Å². The van der Waals surface area contributed by atoms with Crippen LogP contribution in [0.4, 0.5) is 16.3 Å². The van der Waals surface area contributed by atoms with Gasteiger partial charge in [-0.1, -0.05) is 24.3 Å². The average molecular weight is 474 g/mol. The van der Waals surface area contributed by atoms with Crippen LogP contribution in [-0.2, 0) is 6.42 Å². The van der Waals surface area contributed by atoms with E-state index in [0.717, 1.165) is 59.6 Å². The van der Waals surface area contributed by atoms with E-state index in [0.29, 0.717) is 18.1 Å². The molecule has 2 aliphatic heterocycles. The summed E-state index contributed by atoms with van der Waals surface area (Å²) in [6, 6.07) is 20.2. The van der Waals surface area contributed by atoms with E-state index >= 15 is 0 Å². The molecule has 3 aliphatic rings. The Bertz CT molecular complexity index is 1200. The Morgan fingerprint density at radius 1 is 1.06 bits per heavy atom. The van der Waals surface area contributed by atoms with Gasteiger partial charge in [0, 0.05) is 40.7 Å². The second kappa shape index (κ2) is 9.12. The number of amides is 2. The summed E-state index contributed by atoms with van der Waals surface area (Å²) < 4.78 is 0. The van der Waals surface area contributed by atoms with Gasteiger partial charge in [-0.15, -0.1) is 0 Å². The number of pyridine rings is 1. The van der Waals surface area contributed by atoms with Crippen LogP contribution in [0.25, 0.3) is 10.9 Å². The lowest BCUT2D eigenvalue weighted by Crippen LogP contribution is -2.57. The second-order valence-electron chi connectivity index (χ2n) is 9.82. The lowest BCUT2D eigenvalue weighted by molar-refractivity contribution is 0.114. The lowest BCUT2D eigenvalue weighted by atomic mass is 9.93. The van der Waals surface area contributed by atoms with Crippen molar-refractivity contribution in [3.63, 3.8) is 0 Å². The predicted molar refractivity (Wildman–Crippen MR) is 141 cm³/mol. The van der Waals surface area contributed by atoms with E-state index in [9.17, 15) is 4.79 Å². The third kappa shape index (κ3) is 4.34. The van der Waals surface area contributed by atoms with Crippen molar-refractivity contribution < 1.29 is 4.79 Å². The van der Waals surface area contributed by atoms with Gasteiger partial charge in [0.05, 0.1) is 11.6 Å². The Morgan fingerprint density at radius 3 is 2.74 bits per heavy atom. The zero-order valence-corrected chi connectivity index (χ0v) is 20.3. The van der Waals surface area contributed by atoms with Gasteiger partial charge in [-0.05, 0) is 74.2 Å². The molecule has 0 saturated carbocycles. The summed E-state index contributed by atoms with van der Waals surface area (Å²) in [5.41, 5.74) is 4.52. The van der Waals surface area contributed by atoms with Gasteiger partial charge in [-0.2, -0.15) is 11.8 Å². The molecule has 1 aromatic heterocycles. The van der Waals surface area contributed by atoms with Gasteiger partial charge in [0.2, 0.25) is 0 Å². The van der Waals surface area contributed by atoms with Crippen LogP contribution in [-0.4, -0.2) is 52.6 Å². The Labute approximate surface area is 204 Å². The quantitative estimate of drug-likeness (QED) is 0.496. The standard InChI is InChI=1S/C27H31N5OS/c1-32-21-13-20(14-22(32)16-34-15-21)29-27(33)28-19-8-10-24-18(12-19)7-11-26(30-24)31-25-9-6-17-4-2-3-5-23(17)25/h2-5,7-8,10-12,20-22,25H,6,9,13-16H2,1H3,(H,30,31)(H2,28,29,33)/t20?,21?,22?,25-/m1/s1. The SMILES string of the molecule is CN1C2CSCC1CC(NC(=O)Nc1ccc3nc(N[C@@H]4CCc5ccccc54)ccc3c1)C2. The lowest BCUT2D eigenvalue weighted by Gasteiger charge is -2.46. The third-order valence-electron chi connectivity index (χ3n) is 7.62. The molecule has 6 nitrogen and oxygen atoms in total. The first-order valence-corrected chi connectivity index (χ1v) is 13.4. The summed E-state index contributed by atoms with van der Waals surface area (Å²) in [4.78, 5) is 20.0. The minimum atomic E-state index is -0.120. The molecule has 2 fully saturated rings. The van der Waals surface area contributed by atoms with Crippen molar-refractivity contribution in [2.75, 3.05) is 29.2 Å². The summed E-state index contributed by atoms with van der Waals surface area (Å²) in [5, 5.41) is 10.9. The zero-order valence-electron chi connectivity index (χ0n) is 19.5. The van der Waals surface area contributed by atoms with E-state index in [1.54, 1.807) is 0 Å². The number of urea groups is 1. The summed E-state index contributed by atoms with van der Waals surface area (Å²) >= 11 is 2.04. The molecule has 2 saturated heterocycles. The first kappa shape index (κ1) is 21.7. The highest BCUT2D eigenvalue weighted by molar-refractivity contribution is 7.99. The average Bonchev–Trinajstić information content (AvgIpc) is 3.23. The van der Waals surface area contributed by atoms with E-state index in [1.807, 2.05) is 36.0 Å². The third-order valence-corrected chi connectivity index (χ3v) is 8.86. The largest absolute Gasteiger partial charge is 0.363 e. The van der Waals surface area contributed by atoms with Crippen molar-refractivity contribution in [3.8, 4) is 0 Å². The number of benzene rings is 2. The van der Waals surface area contributed by atoms with E-state index in [2.05, 4.69) is 58.2 Å². The van der Waals surface area contributed by atoms with Gasteiger partial charge in [-0.25, -0.2) is 9.78 Å². The first-order valence-electron chi connectivity index (χ1n) is 12.2. The highest BCUT2D eigenvalue weighted by Crippen LogP contribution is 2.34. The number of hydrogen-bond donors (Lipinski definition) is 3. The number of carbonyl (C=O) groups excluding carboxylic acids is 1. The summed E-state index contributed by atoms with van der Waals surface area (Å²) in [6.07, 6.45) is 4.25. The molecule has 0 radical (unpaired) electrons. The molecule has 1 aliphatic carbocycles. The molecule has 2 aromatic carbocycles. The van der Waals surface area contributed by atoms with Crippen molar-refractivity contribution in [1.29, 1.82) is 0 Å². The number of hydrogen-bond acceptors (Lipinski definition) is 5. The molecule has 3 atom stereocenters. The second-order valence-corrected chi connectivity index (χ2v) is 10.9. The fraction of sp³-hybridized carbons (Fsp3) is 0.407. The van der Waals surface area contributed by atoms with Crippen molar-refractivity contribution in [1.82, 2.24) is 15.2 Å². The van der Waals surface area contributed by atoms with Crippen molar-refractivity contribution >= 4 is 40.2 Å². The molecular formula is C27H31N5OS. The van der Waals surface area contributed by atoms with Crippen LogP contribution in [0.2, 0.25) is 0 Å². The number of nitrogens with zero attached hydrogens (tertiary/aromatic N) is 2. The van der Waals surface area contributed by atoms with Gasteiger partial charge in [0.25, 0.3) is 0 Å². The molecule has 6 rings (SSSR count). The molecule has 2 unspecified atom stereocenters. The Balaban J connectivity index is 1.09. The highest BCUT2D eigenvalue weighted by atomic mass is 32.2. The molecule has 3 aromatic rings. The maximum Gasteiger partial charge on any atom is 0.319 e. The molecule has 2 bridgehead atoms. The molecule has 176 valence electrons. The van der Waals surface area contributed by atoms with Crippen molar-refractivity contribution in [3.05, 3.63) is 65.7 Å². The summed E-state index contributed by atoms with van der Waals surface area (Å²) in [7, 11) is 2.22. The van der Waals surface area contributed by atoms with Crippen molar-refractivity contribution in [2.45, 2.75) is 49.9 Å². The Morgan fingerprint density at radius 2 is 1.88 bits per heavy atom. The number of thioether (sulfide) groups is 1. The topological polar surface area (TPSA) is 69.3 Å². The van der Waals surface area contributed by atoms with E-state index < -0.39 is 0 Å². The Hall–Kier alpha value is -2.77. The van der Waals surface area contributed by atoms with Crippen LogP contribution >= 0.6 is 11.8 Å². The normalized spacial score (nSPS) is 26.1. The molecular weight excluding hydrogens is 442 g/mol. The molecule has 0 spiro atoms. The molecule has 34 heavy (non-hydrogen) atoms. The van der Waals surface area contributed by atoms with Crippen LogP contribution in [0.1, 0.15) is 36.4 Å². The van der Waals surface area contributed by atoms with Crippen molar-refractivity contribution in [2.24, 2.45) is 0 Å². The van der Waals surface area contributed by atoms with Gasteiger partial charge in [0.1, 0.15) is 5.82 Å². The number of carbonyl (C=O) groups is 1. The fourth-order valence-electron chi connectivity index (χ4n) is 5.73. The highest BCUT2D eigenvalue weighted by Gasteiger charge is 2.36. The maximum atomic E-state index is 12.7. The van der Waals surface area contributed by atoms with Crippen LogP contribution < -0.4 is 16.0 Å². The number of rotatable bonds is 4. The number of nitrogens with one attached hydrogen (secondary N) is 3. The summed E-state index contributed by atoms with van der Waals surface area (Å²) in [5.74, 6) is 3.21. The number of fused-ring (bicyclic) bond motifs is 4. The number of piperidine rings is 1. The fourth-order valence-corrected chi connectivity index (χ4v) is 7.16. The Kier molecular flexibility index (Phi) is 5.83. The molecule has 3 N–H and O–H groups in total. The van der Waals surface area contributed by atoms with Gasteiger partial charge in [-0.3, -0.25) is 4.90 Å². The van der Waals surface area contributed by atoms with E-state index in [-0.39, 0.29) is 12.1 Å². The van der Waals surface area contributed by atoms with E-state index in [4.69, 9.17) is 4.98 Å². The smallest absolute Gasteiger partial charge is 0.319 e. The number of anilines is 2. The zero-order chi connectivity index (χ0) is 23.1. The predicted octanol–water partition coefficient (Wildman–Crippen LogP) is 5.03. The monoisotopic (exact) mass is 473 g/mol. The van der Waals surface area contributed by atoms with Crippen LogP contribution in [0.3, 0.4) is 0 Å². The van der Waals surface area contributed by atoms with Gasteiger partial charge in [0.15, 0.2) is 0 Å². The minimum absolute atomic E-state index is 0.120. The molecule has 2 amide bonds. The number of aromatic nitrogens is 1. The number of aryl methyl sites for hydroxylation is 1. The van der Waals surface area contributed by atoms with Crippen LogP contribution in [0, 0.1) is 0 Å². The minimum Gasteiger partial charge on any atom is -0.363 e. The van der Waals surface area contributed by atoms with Crippen LogP contribution in [0.5, 0.6) is 0 Å². The maximum absolute atomic E-state index is 12.7. The van der Waals surface area contributed by atoms with E-state index in [1.165, 1.54) is 11.1 Å². The molecule has 7 heteroatoms. The summed E-state index contributed by atoms with van der Waals surface area (Å²) in [6.45, 7) is 0. The van der Waals surface area contributed by atoms with Gasteiger partial charge < -0.3 is 16.0 Å². The van der Waals surface area contributed by atoms with Gasteiger partial charge >= 0.3 is 6.03 Å².